The van der Waals surface area contributed by atoms with Gasteiger partial charge in [0.25, 0.3) is 11.8 Å². The van der Waals surface area contributed by atoms with E-state index in [1.807, 2.05) is 32.9 Å². The summed E-state index contributed by atoms with van der Waals surface area (Å²) in [7, 11) is 0. The zero-order valence-corrected chi connectivity index (χ0v) is 17.0. The highest BCUT2D eigenvalue weighted by Gasteiger charge is 2.37. The molecule has 2 aliphatic rings. The van der Waals surface area contributed by atoms with E-state index in [-0.39, 0.29) is 11.2 Å². The molecule has 4 rings (SSSR count). The Bertz CT molecular complexity index is 1070. The Morgan fingerprint density at radius 1 is 1.13 bits per heavy atom. The van der Waals surface area contributed by atoms with Crippen molar-refractivity contribution in [1.82, 2.24) is 5.32 Å². The molecule has 30 heavy (non-hydrogen) atoms. The zero-order chi connectivity index (χ0) is 21.5. The summed E-state index contributed by atoms with van der Waals surface area (Å²) >= 11 is 0. The Morgan fingerprint density at radius 3 is 2.57 bits per heavy atom. The van der Waals surface area contributed by atoms with Gasteiger partial charge in [0, 0.05) is 6.42 Å². The van der Waals surface area contributed by atoms with Crippen molar-refractivity contribution in [2.75, 3.05) is 11.5 Å². The number of hydrogen-bond acceptors (Lipinski definition) is 5. The van der Waals surface area contributed by atoms with Crippen molar-refractivity contribution < 1.29 is 23.9 Å². The SMILES string of the molecule is CCOc1ccc(N2C(=O)NC(=O)/C(=C\c3ccc4c(c3)CC(C)(C)O4)C2=O)cc1. The van der Waals surface area contributed by atoms with Crippen LogP contribution in [-0.2, 0) is 16.0 Å². The monoisotopic (exact) mass is 406 g/mol. The lowest BCUT2D eigenvalue weighted by molar-refractivity contribution is -0.122. The maximum atomic E-state index is 13.0. The standard InChI is InChI=1S/C23H22N2O5/c1-4-29-17-8-6-16(7-9-17)25-21(27)18(20(26)24-22(25)28)12-14-5-10-19-15(11-14)13-23(2,3)30-19/h5-12H,4,13H2,1-3H3,(H,24,26,28)/b18-12+. The van der Waals surface area contributed by atoms with E-state index in [4.69, 9.17) is 9.47 Å². The van der Waals surface area contributed by atoms with Crippen molar-refractivity contribution in [2.24, 2.45) is 0 Å². The van der Waals surface area contributed by atoms with Crippen LogP contribution in [0.25, 0.3) is 6.08 Å². The van der Waals surface area contributed by atoms with E-state index in [1.54, 1.807) is 30.3 Å². The zero-order valence-electron chi connectivity index (χ0n) is 17.0. The second-order valence-corrected chi connectivity index (χ2v) is 7.79. The summed E-state index contributed by atoms with van der Waals surface area (Å²) in [6, 6.07) is 11.3. The minimum Gasteiger partial charge on any atom is -0.494 e. The first-order chi connectivity index (χ1) is 14.3. The van der Waals surface area contributed by atoms with Gasteiger partial charge in [0.05, 0.1) is 12.3 Å². The maximum Gasteiger partial charge on any atom is 0.335 e. The molecule has 0 atom stereocenters. The topological polar surface area (TPSA) is 84.9 Å². The third-order valence-corrected chi connectivity index (χ3v) is 4.91. The summed E-state index contributed by atoms with van der Waals surface area (Å²) in [4.78, 5) is 38.7. The summed E-state index contributed by atoms with van der Waals surface area (Å²) in [6.07, 6.45) is 2.23. The van der Waals surface area contributed by atoms with Gasteiger partial charge in [-0.05, 0) is 74.4 Å². The normalized spacial score (nSPS) is 18.8. The Labute approximate surface area is 174 Å². The number of hydrogen-bond donors (Lipinski definition) is 1. The van der Waals surface area contributed by atoms with Gasteiger partial charge in [0.1, 0.15) is 22.7 Å². The molecule has 7 heteroatoms. The highest BCUT2D eigenvalue weighted by Crippen LogP contribution is 2.35. The number of anilines is 1. The molecule has 2 aromatic carbocycles. The van der Waals surface area contributed by atoms with Crippen LogP contribution in [0.3, 0.4) is 0 Å². The van der Waals surface area contributed by atoms with Gasteiger partial charge in [-0.1, -0.05) is 6.07 Å². The van der Waals surface area contributed by atoms with E-state index in [9.17, 15) is 14.4 Å². The number of carbonyl (C=O) groups excluding carboxylic acids is 3. The van der Waals surface area contributed by atoms with Gasteiger partial charge in [-0.25, -0.2) is 9.69 Å². The lowest BCUT2D eigenvalue weighted by Gasteiger charge is -2.26. The molecule has 0 aliphatic carbocycles. The molecule has 0 bridgehead atoms. The van der Waals surface area contributed by atoms with Crippen molar-refractivity contribution in [3.63, 3.8) is 0 Å². The van der Waals surface area contributed by atoms with Crippen LogP contribution in [0.5, 0.6) is 11.5 Å². The van der Waals surface area contributed by atoms with Gasteiger partial charge in [-0.3, -0.25) is 14.9 Å². The Hall–Kier alpha value is -3.61. The molecule has 4 amide bonds. The first-order valence-corrected chi connectivity index (χ1v) is 9.74. The van der Waals surface area contributed by atoms with Crippen molar-refractivity contribution in [1.29, 1.82) is 0 Å². The van der Waals surface area contributed by atoms with Crippen molar-refractivity contribution in [3.8, 4) is 11.5 Å². The number of urea groups is 1. The molecule has 154 valence electrons. The second kappa shape index (κ2) is 7.33. The first kappa shape index (κ1) is 19.7. The number of benzene rings is 2. The highest BCUT2D eigenvalue weighted by atomic mass is 16.5. The molecule has 2 aliphatic heterocycles. The average molecular weight is 406 g/mol. The molecule has 2 aromatic rings. The molecule has 0 unspecified atom stereocenters. The first-order valence-electron chi connectivity index (χ1n) is 9.74. The fourth-order valence-electron chi connectivity index (χ4n) is 3.64. The van der Waals surface area contributed by atoms with E-state index in [1.165, 1.54) is 6.08 Å². The minimum absolute atomic E-state index is 0.110. The molecule has 1 saturated heterocycles. The molecule has 7 nitrogen and oxygen atoms in total. The molecule has 1 N–H and O–H groups in total. The number of fused-ring (bicyclic) bond motifs is 1. The number of amides is 4. The minimum atomic E-state index is -0.782. The third kappa shape index (κ3) is 3.66. The summed E-state index contributed by atoms with van der Waals surface area (Å²) in [5.41, 5.74) is 1.65. The van der Waals surface area contributed by atoms with E-state index < -0.39 is 17.8 Å². The largest absolute Gasteiger partial charge is 0.494 e. The Kier molecular flexibility index (Phi) is 4.81. The van der Waals surface area contributed by atoms with Crippen LogP contribution in [0.4, 0.5) is 10.5 Å². The lowest BCUT2D eigenvalue weighted by atomic mass is 9.99. The molecular weight excluding hydrogens is 384 g/mol. The quantitative estimate of drug-likeness (QED) is 0.621. The van der Waals surface area contributed by atoms with E-state index in [0.29, 0.717) is 23.6 Å². The van der Waals surface area contributed by atoms with Crippen LogP contribution in [-0.4, -0.2) is 30.1 Å². The Balaban J connectivity index is 1.65. The van der Waals surface area contributed by atoms with Crippen LogP contribution in [0.1, 0.15) is 31.9 Å². The lowest BCUT2D eigenvalue weighted by Crippen LogP contribution is -2.54. The number of imide groups is 2. The van der Waals surface area contributed by atoms with Crippen LogP contribution in [0.2, 0.25) is 0 Å². The van der Waals surface area contributed by atoms with Gasteiger partial charge in [-0.15, -0.1) is 0 Å². The smallest absolute Gasteiger partial charge is 0.335 e. The van der Waals surface area contributed by atoms with Gasteiger partial charge in [0.2, 0.25) is 0 Å². The molecule has 0 spiro atoms. The number of carbonyl (C=O) groups is 3. The molecule has 2 heterocycles. The summed E-state index contributed by atoms with van der Waals surface area (Å²) in [5, 5.41) is 2.24. The van der Waals surface area contributed by atoms with E-state index in [0.717, 1.165) is 22.6 Å². The summed E-state index contributed by atoms with van der Waals surface area (Å²) in [6.45, 7) is 6.38. The van der Waals surface area contributed by atoms with Crippen LogP contribution in [0.15, 0.2) is 48.0 Å². The number of rotatable bonds is 4. The fourth-order valence-corrected chi connectivity index (χ4v) is 3.64. The third-order valence-electron chi connectivity index (χ3n) is 4.91. The van der Waals surface area contributed by atoms with Crippen LogP contribution >= 0.6 is 0 Å². The van der Waals surface area contributed by atoms with Crippen LogP contribution < -0.4 is 19.7 Å². The van der Waals surface area contributed by atoms with Crippen molar-refractivity contribution >= 4 is 29.6 Å². The fraction of sp³-hybridized carbons (Fsp3) is 0.261. The molecular formula is C23H22N2O5. The number of ether oxygens (including phenoxy) is 2. The summed E-state index contributed by atoms with van der Waals surface area (Å²) < 4.78 is 11.3. The summed E-state index contributed by atoms with van der Waals surface area (Å²) in [5.74, 6) is 0.0308. The molecule has 0 radical (unpaired) electrons. The second-order valence-electron chi connectivity index (χ2n) is 7.79. The van der Waals surface area contributed by atoms with Crippen molar-refractivity contribution in [2.45, 2.75) is 32.8 Å². The van der Waals surface area contributed by atoms with Gasteiger partial charge < -0.3 is 9.47 Å². The predicted octanol–water partition coefficient (Wildman–Crippen LogP) is 3.47. The molecule has 0 aromatic heterocycles. The van der Waals surface area contributed by atoms with Gasteiger partial charge in [-0.2, -0.15) is 0 Å². The number of nitrogens with zero attached hydrogens (tertiary/aromatic N) is 1. The number of nitrogens with one attached hydrogen (secondary N) is 1. The van der Waals surface area contributed by atoms with Gasteiger partial charge >= 0.3 is 6.03 Å². The van der Waals surface area contributed by atoms with Gasteiger partial charge in [0.15, 0.2) is 0 Å². The maximum absolute atomic E-state index is 13.0. The average Bonchev–Trinajstić information content (AvgIpc) is 2.99. The highest BCUT2D eigenvalue weighted by molar-refractivity contribution is 6.39. The molecule has 1 fully saturated rings. The number of barbiturate groups is 1. The van der Waals surface area contributed by atoms with E-state index >= 15 is 0 Å². The molecule has 0 saturated carbocycles. The van der Waals surface area contributed by atoms with E-state index in [2.05, 4.69) is 5.32 Å². The van der Waals surface area contributed by atoms with Crippen LogP contribution in [0, 0.1) is 0 Å². The predicted molar refractivity (Wildman–Crippen MR) is 111 cm³/mol. The van der Waals surface area contributed by atoms with Crippen molar-refractivity contribution in [3.05, 3.63) is 59.2 Å². The Morgan fingerprint density at radius 2 is 1.87 bits per heavy atom.